The van der Waals surface area contributed by atoms with Crippen LogP contribution in [0.4, 0.5) is 17.1 Å². The standard InChI is InChI=1S/C71H48N2/c1-4-18-51(19-5-1)60-29-16-20-53-21-17-30-61(70(53)60)52-38-44-57(45-39-52)72(56-40-34-49(35-41-56)50-36-42-58(43-37-50)73-68-32-14-11-27-63(68)64-28-12-15-33-69(64)73)59-46-47-67-65(48-59)62-26-10-13-31-66(62)71(67,54-22-6-2-7-23-54)55-24-8-3-9-25-55/h1-48H. The van der Waals surface area contributed by atoms with Crippen molar-refractivity contribution < 1.29 is 0 Å². The van der Waals surface area contributed by atoms with E-state index >= 15 is 0 Å². The van der Waals surface area contributed by atoms with E-state index in [9.17, 15) is 0 Å². The first kappa shape index (κ1) is 42.4. The first-order chi connectivity index (χ1) is 36.2. The average molecular weight is 929 g/mol. The summed E-state index contributed by atoms with van der Waals surface area (Å²) in [5.74, 6) is 0. The Morgan fingerprint density at radius 3 is 1.32 bits per heavy atom. The van der Waals surface area contributed by atoms with E-state index in [1.54, 1.807) is 0 Å². The highest BCUT2D eigenvalue weighted by molar-refractivity contribution is 6.09. The van der Waals surface area contributed by atoms with Crippen molar-refractivity contribution in [2.24, 2.45) is 0 Å². The first-order valence-electron chi connectivity index (χ1n) is 25.2. The molecule has 0 radical (unpaired) electrons. The summed E-state index contributed by atoms with van der Waals surface area (Å²) >= 11 is 0. The minimum absolute atomic E-state index is 0.477. The van der Waals surface area contributed by atoms with Crippen LogP contribution in [0.5, 0.6) is 0 Å². The Morgan fingerprint density at radius 2 is 0.726 bits per heavy atom. The smallest absolute Gasteiger partial charge is 0.0713 e. The maximum absolute atomic E-state index is 2.42. The number of benzene rings is 12. The summed E-state index contributed by atoms with van der Waals surface area (Å²) in [6, 6.07) is 107. The summed E-state index contributed by atoms with van der Waals surface area (Å²) in [6.45, 7) is 0. The molecule has 2 nitrogen and oxygen atoms in total. The third-order valence-corrected chi connectivity index (χ3v) is 15.3. The van der Waals surface area contributed by atoms with Crippen molar-refractivity contribution in [2.45, 2.75) is 5.41 Å². The lowest BCUT2D eigenvalue weighted by Gasteiger charge is -2.34. The molecule has 13 aromatic rings. The monoisotopic (exact) mass is 928 g/mol. The van der Waals surface area contributed by atoms with Crippen LogP contribution in [0.25, 0.3) is 82.8 Å². The Hall–Kier alpha value is -9.50. The molecule has 0 aliphatic heterocycles. The third kappa shape index (κ3) is 6.87. The zero-order valence-electron chi connectivity index (χ0n) is 40.1. The zero-order valence-corrected chi connectivity index (χ0v) is 40.1. The third-order valence-electron chi connectivity index (χ3n) is 15.3. The maximum atomic E-state index is 2.42. The number of anilines is 3. The van der Waals surface area contributed by atoms with Gasteiger partial charge in [-0.3, -0.25) is 0 Å². The molecule has 0 amide bonds. The van der Waals surface area contributed by atoms with Crippen LogP contribution in [0.3, 0.4) is 0 Å². The Morgan fingerprint density at radius 1 is 0.288 bits per heavy atom. The SMILES string of the molecule is c1ccc(-c2cccc3cccc(-c4ccc(N(c5ccc(-c6ccc(-n7c8ccccc8c8ccccc87)cc6)cc5)c5ccc6c(c5)-c5ccccc5C6(c5ccccc5)c5ccccc5)cc4)c23)cc1. The van der Waals surface area contributed by atoms with Gasteiger partial charge in [0.25, 0.3) is 0 Å². The van der Waals surface area contributed by atoms with Crippen LogP contribution < -0.4 is 4.90 Å². The van der Waals surface area contributed by atoms with Crippen molar-refractivity contribution in [1.82, 2.24) is 4.57 Å². The molecule has 14 rings (SSSR count). The summed E-state index contributed by atoms with van der Waals surface area (Å²) in [5.41, 5.74) is 21.1. The second kappa shape index (κ2) is 17.4. The molecule has 73 heavy (non-hydrogen) atoms. The van der Waals surface area contributed by atoms with Gasteiger partial charge >= 0.3 is 0 Å². The average Bonchev–Trinajstić information content (AvgIpc) is 3.97. The lowest BCUT2D eigenvalue weighted by atomic mass is 9.68. The van der Waals surface area contributed by atoms with E-state index in [1.165, 1.54) is 93.8 Å². The van der Waals surface area contributed by atoms with E-state index in [0.29, 0.717) is 0 Å². The number of hydrogen-bond acceptors (Lipinski definition) is 1. The van der Waals surface area contributed by atoms with Gasteiger partial charge in [-0.1, -0.05) is 231 Å². The molecule has 0 bridgehead atoms. The molecule has 0 fully saturated rings. The summed E-state index contributed by atoms with van der Waals surface area (Å²) in [5, 5.41) is 5.02. The summed E-state index contributed by atoms with van der Waals surface area (Å²) in [6.07, 6.45) is 0. The fourth-order valence-electron chi connectivity index (χ4n) is 12.1. The molecule has 12 aromatic carbocycles. The normalized spacial score (nSPS) is 12.5. The lowest BCUT2D eigenvalue weighted by Crippen LogP contribution is -2.28. The molecule has 0 N–H and O–H groups in total. The van der Waals surface area contributed by atoms with Crippen LogP contribution in [0.2, 0.25) is 0 Å². The highest BCUT2D eigenvalue weighted by atomic mass is 15.1. The second-order valence-corrected chi connectivity index (χ2v) is 19.2. The number of para-hydroxylation sites is 2. The molecule has 1 heterocycles. The maximum Gasteiger partial charge on any atom is 0.0713 e. The van der Waals surface area contributed by atoms with Gasteiger partial charge < -0.3 is 9.47 Å². The summed E-state index contributed by atoms with van der Waals surface area (Å²) in [4.78, 5) is 2.42. The van der Waals surface area contributed by atoms with Crippen LogP contribution >= 0.6 is 0 Å². The van der Waals surface area contributed by atoms with E-state index in [1.807, 2.05) is 0 Å². The molecule has 0 saturated carbocycles. The Kier molecular flexibility index (Phi) is 10.1. The number of aromatic nitrogens is 1. The van der Waals surface area contributed by atoms with Crippen molar-refractivity contribution in [3.05, 3.63) is 313 Å². The van der Waals surface area contributed by atoms with Crippen molar-refractivity contribution in [2.75, 3.05) is 4.90 Å². The predicted molar refractivity (Wildman–Crippen MR) is 307 cm³/mol. The van der Waals surface area contributed by atoms with Crippen LogP contribution in [-0.4, -0.2) is 4.57 Å². The van der Waals surface area contributed by atoms with Gasteiger partial charge in [0.15, 0.2) is 0 Å². The fraction of sp³-hybridized carbons (Fsp3) is 0.0141. The molecule has 1 aromatic heterocycles. The first-order valence-corrected chi connectivity index (χ1v) is 25.2. The van der Waals surface area contributed by atoms with E-state index in [-0.39, 0.29) is 0 Å². The van der Waals surface area contributed by atoms with Gasteiger partial charge in [-0.05, 0) is 138 Å². The van der Waals surface area contributed by atoms with Crippen molar-refractivity contribution >= 4 is 49.6 Å². The Balaban J connectivity index is 0.896. The van der Waals surface area contributed by atoms with E-state index in [4.69, 9.17) is 0 Å². The number of hydrogen-bond donors (Lipinski definition) is 0. The highest BCUT2D eigenvalue weighted by Crippen LogP contribution is 2.57. The molecule has 342 valence electrons. The molecule has 1 aliphatic rings. The second-order valence-electron chi connectivity index (χ2n) is 19.2. The largest absolute Gasteiger partial charge is 0.310 e. The zero-order chi connectivity index (χ0) is 48.3. The van der Waals surface area contributed by atoms with Crippen molar-refractivity contribution in [1.29, 1.82) is 0 Å². The minimum atomic E-state index is -0.477. The summed E-state index contributed by atoms with van der Waals surface area (Å²) < 4.78 is 2.38. The Labute approximate surface area is 426 Å². The van der Waals surface area contributed by atoms with E-state index in [0.717, 1.165) is 28.3 Å². The number of nitrogens with zero attached hydrogens (tertiary/aromatic N) is 2. The van der Waals surface area contributed by atoms with E-state index in [2.05, 4.69) is 301 Å². The van der Waals surface area contributed by atoms with Gasteiger partial charge in [-0.25, -0.2) is 0 Å². The van der Waals surface area contributed by atoms with Crippen LogP contribution in [0, 0.1) is 0 Å². The van der Waals surface area contributed by atoms with E-state index < -0.39 is 5.41 Å². The summed E-state index contributed by atoms with van der Waals surface area (Å²) in [7, 11) is 0. The van der Waals surface area contributed by atoms with Crippen molar-refractivity contribution in [3.8, 4) is 50.2 Å². The molecule has 0 spiro atoms. The van der Waals surface area contributed by atoms with Gasteiger partial charge in [-0.2, -0.15) is 0 Å². The topological polar surface area (TPSA) is 8.17 Å². The molecule has 0 atom stereocenters. The van der Waals surface area contributed by atoms with Gasteiger partial charge in [-0.15, -0.1) is 0 Å². The minimum Gasteiger partial charge on any atom is -0.310 e. The van der Waals surface area contributed by atoms with Crippen LogP contribution in [0.15, 0.2) is 291 Å². The van der Waals surface area contributed by atoms with Crippen LogP contribution in [0.1, 0.15) is 22.3 Å². The quantitative estimate of drug-likeness (QED) is 0.140. The number of rotatable bonds is 9. The van der Waals surface area contributed by atoms with Gasteiger partial charge in [0, 0.05) is 33.5 Å². The van der Waals surface area contributed by atoms with Gasteiger partial charge in [0.1, 0.15) is 0 Å². The van der Waals surface area contributed by atoms with Gasteiger partial charge in [0.05, 0.1) is 16.4 Å². The lowest BCUT2D eigenvalue weighted by molar-refractivity contribution is 0.768. The molecule has 2 heteroatoms. The fourth-order valence-corrected chi connectivity index (χ4v) is 12.1. The Bertz CT molecular complexity index is 4060. The highest BCUT2D eigenvalue weighted by Gasteiger charge is 2.46. The predicted octanol–water partition coefficient (Wildman–Crippen LogP) is 18.8. The number of fused-ring (bicyclic) bond motifs is 7. The van der Waals surface area contributed by atoms with Crippen molar-refractivity contribution in [3.63, 3.8) is 0 Å². The molecule has 1 aliphatic carbocycles. The molecule has 0 saturated heterocycles. The van der Waals surface area contributed by atoms with Gasteiger partial charge in [0.2, 0.25) is 0 Å². The van der Waals surface area contributed by atoms with Crippen LogP contribution in [-0.2, 0) is 5.41 Å². The molecular formula is C71H48N2. The molecular weight excluding hydrogens is 881 g/mol. The molecule has 0 unspecified atom stereocenters.